The number of hydrogen-bond acceptors (Lipinski definition) is 5. The summed E-state index contributed by atoms with van der Waals surface area (Å²) in [6, 6.07) is 0. The molecule has 100 valence electrons. The van der Waals surface area contributed by atoms with Crippen LogP contribution < -0.4 is 5.32 Å². The normalized spacial score (nSPS) is 11.2. The minimum Gasteiger partial charge on any atom is -0.481 e. The summed E-state index contributed by atoms with van der Waals surface area (Å²) in [5, 5.41) is 15.0. The van der Waals surface area contributed by atoms with E-state index in [2.05, 4.69) is 20.0 Å². The van der Waals surface area contributed by atoms with Gasteiger partial charge in [-0.1, -0.05) is 19.0 Å². The Kier molecular flexibility index (Phi) is 4.82. The van der Waals surface area contributed by atoms with Gasteiger partial charge in [0.15, 0.2) is 5.82 Å². The van der Waals surface area contributed by atoms with Crippen molar-refractivity contribution in [3.63, 3.8) is 0 Å². The van der Waals surface area contributed by atoms with Crippen LogP contribution in [0.1, 0.15) is 32.5 Å². The lowest BCUT2D eigenvalue weighted by Crippen LogP contribution is -2.31. The molecule has 0 atom stereocenters. The predicted octanol–water partition coefficient (Wildman–Crippen LogP) is 0.619. The molecule has 18 heavy (non-hydrogen) atoms. The van der Waals surface area contributed by atoms with Crippen LogP contribution in [0.2, 0.25) is 0 Å². The second-order valence-electron chi connectivity index (χ2n) is 4.86. The van der Waals surface area contributed by atoms with E-state index in [0.29, 0.717) is 18.8 Å². The molecule has 0 radical (unpaired) electrons. The van der Waals surface area contributed by atoms with Gasteiger partial charge >= 0.3 is 5.97 Å². The van der Waals surface area contributed by atoms with E-state index in [1.54, 1.807) is 13.8 Å². The predicted molar refractivity (Wildman–Crippen MR) is 61.7 cm³/mol. The zero-order valence-electron chi connectivity index (χ0n) is 10.5. The molecule has 2 N–H and O–H groups in total. The molecule has 0 aliphatic rings. The Morgan fingerprint density at radius 1 is 1.44 bits per heavy atom. The van der Waals surface area contributed by atoms with Crippen LogP contribution in [-0.2, 0) is 16.0 Å². The largest absolute Gasteiger partial charge is 0.481 e. The van der Waals surface area contributed by atoms with Crippen LogP contribution in [0.3, 0.4) is 0 Å². The molecule has 0 fully saturated rings. The van der Waals surface area contributed by atoms with Gasteiger partial charge in [0.05, 0.1) is 6.42 Å². The maximum atomic E-state index is 11.6. The number of carbonyl (C=O) groups is 2. The van der Waals surface area contributed by atoms with Crippen LogP contribution in [0, 0.1) is 5.41 Å². The maximum absolute atomic E-state index is 11.6. The second-order valence-corrected chi connectivity index (χ2v) is 4.86. The van der Waals surface area contributed by atoms with Crippen molar-refractivity contribution in [1.29, 1.82) is 0 Å². The molecule has 0 aliphatic heterocycles. The van der Waals surface area contributed by atoms with Gasteiger partial charge in [-0.25, -0.2) is 0 Å². The molecule has 1 aromatic heterocycles. The molecule has 7 nitrogen and oxygen atoms in total. The summed E-state index contributed by atoms with van der Waals surface area (Å²) < 4.78 is 4.56. The van der Waals surface area contributed by atoms with Gasteiger partial charge in [-0.15, -0.1) is 0 Å². The zero-order chi connectivity index (χ0) is 13.6. The first kappa shape index (κ1) is 14.1. The first-order chi connectivity index (χ1) is 8.39. The third kappa shape index (κ3) is 5.42. The summed E-state index contributed by atoms with van der Waals surface area (Å²) in [4.78, 5) is 26.0. The van der Waals surface area contributed by atoms with Gasteiger partial charge in [-0.3, -0.25) is 9.59 Å². The highest BCUT2D eigenvalue weighted by atomic mass is 16.5. The van der Waals surface area contributed by atoms with E-state index in [0.717, 1.165) is 0 Å². The molecular weight excluding hydrogens is 238 g/mol. The summed E-state index contributed by atoms with van der Waals surface area (Å²) in [6.45, 7) is 3.90. The average Bonchev–Trinajstić information content (AvgIpc) is 2.66. The molecule has 0 saturated heterocycles. The third-order valence-electron chi connectivity index (χ3n) is 2.35. The van der Waals surface area contributed by atoms with Crippen molar-refractivity contribution >= 4 is 11.9 Å². The van der Waals surface area contributed by atoms with E-state index >= 15 is 0 Å². The van der Waals surface area contributed by atoms with E-state index < -0.39 is 11.4 Å². The van der Waals surface area contributed by atoms with Gasteiger partial charge in [-0.2, -0.15) is 4.98 Å². The number of carboxylic acid groups (broad SMARTS) is 1. The number of nitrogens with one attached hydrogen (secondary N) is 1. The molecule has 1 aromatic rings. The van der Waals surface area contributed by atoms with Gasteiger partial charge in [0.1, 0.15) is 0 Å². The van der Waals surface area contributed by atoms with E-state index in [4.69, 9.17) is 5.11 Å². The van der Waals surface area contributed by atoms with Gasteiger partial charge in [0.2, 0.25) is 12.3 Å². The van der Waals surface area contributed by atoms with Crippen molar-refractivity contribution in [1.82, 2.24) is 15.5 Å². The van der Waals surface area contributed by atoms with E-state index in [-0.39, 0.29) is 18.7 Å². The molecule has 0 spiro atoms. The Balaban J connectivity index is 2.26. The summed E-state index contributed by atoms with van der Waals surface area (Å²) >= 11 is 0. The number of rotatable bonds is 7. The Bertz CT molecular complexity index is 400. The van der Waals surface area contributed by atoms with Gasteiger partial charge in [-0.05, 0) is 5.41 Å². The van der Waals surface area contributed by atoms with E-state index in [1.165, 1.54) is 6.39 Å². The van der Waals surface area contributed by atoms with Crippen LogP contribution in [0.4, 0.5) is 0 Å². The smallest absolute Gasteiger partial charge is 0.303 e. The molecule has 1 rings (SSSR count). The zero-order valence-corrected chi connectivity index (χ0v) is 10.5. The van der Waals surface area contributed by atoms with Crippen molar-refractivity contribution in [3.8, 4) is 0 Å². The third-order valence-corrected chi connectivity index (χ3v) is 2.35. The molecule has 0 unspecified atom stereocenters. The van der Waals surface area contributed by atoms with Crippen LogP contribution in [0.15, 0.2) is 10.9 Å². The lowest BCUT2D eigenvalue weighted by molar-refractivity contribution is -0.139. The molecule has 7 heteroatoms. The van der Waals surface area contributed by atoms with Crippen molar-refractivity contribution in [3.05, 3.63) is 12.2 Å². The fourth-order valence-electron chi connectivity index (χ4n) is 1.59. The number of nitrogens with zero attached hydrogens (tertiary/aromatic N) is 2. The molecule has 0 saturated carbocycles. The summed E-state index contributed by atoms with van der Waals surface area (Å²) in [7, 11) is 0. The number of aromatic nitrogens is 2. The second kappa shape index (κ2) is 6.13. The van der Waals surface area contributed by atoms with Gasteiger partial charge in [0, 0.05) is 19.4 Å². The minimum absolute atomic E-state index is 0.0364. The number of amides is 1. The lowest BCUT2D eigenvalue weighted by Gasteiger charge is -2.21. The minimum atomic E-state index is -0.903. The topological polar surface area (TPSA) is 105 Å². The Labute approximate surface area is 105 Å². The monoisotopic (exact) mass is 255 g/mol. The molecule has 1 amide bonds. The van der Waals surface area contributed by atoms with Crippen LogP contribution in [0.25, 0.3) is 0 Å². The quantitative estimate of drug-likeness (QED) is 0.739. The molecular formula is C11H17N3O4. The number of hydrogen-bond donors (Lipinski definition) is 2. The van der Waals surface area contributed by atoms with Crippen molar-refractivity contribution < 1.29 is 19.2 Å². The molecule has 0 bridgehead atoms. The van der Waals surface area contributed by atoms with Gasteiger partial charge < -0.3 is 14.9 Å². The first-order valence-corrected chi connectivity index (χ1v) is 5.63. The summed E-state index contributed by atoms with van der Waals surface area (Å²) in [5.41, 5.74) is -0.554. The summed E-state index contributed by atoms with van der Waals surface area (Å²) in [6.07, 6.45) is 1.85. The first-order valence-electron chi connectivity index (χ1n) is 5.63. The standard InChI is InChI=1S/C11H17N3O4/c1-11(2,6-10(16)17)5-9(15)12-4-3-8-13-7-18-14-8/h7H,3-6H2,1-2H3,(H,12,15)(H,16,17). The highest BCUT2D eigenvalue weighted by Gasteiger charge is 2.24. The van der Waals surface area contributed by atoms with Gasteiger partial charge in [0.25, 0.3) is 0 Å². The maximum Gasteiger partial charge on any atom is 0.303 e. The fraction of sp³-hybridized carbons (Fsp3) is 0.636. The number of aliphatic carboxylic acids is 1. The Hall–Kier alpha value is -1.92. The van der Waals surface area contributed by atoms with Crippen molar-refractivity contribution in [2.45, 2.75) is 33.1 Å². The number of carbonyl (C=O) groups excluding carboxylic acids is 1. The van der Waals surface area contributed by atoms with E-state index in [1.807, 2.05) is 0 Å². The van der Waals surface area contributed by atoms with Crippen LogP contribution >= 0.6 is 0 Å². The molecule has 0 aliphatic carbocycles. The van der Waals surface area contributed by atoms with Crippen LogP contribution in [0.5, 0.6) is 0 Å². The van der Waals surface area contributed by atoms with Crippen molar-refractivity contribution in [2.24, 2.45) is 5.41 Å². The highest BCUT2D eigenvalue weighted by molar-refractivity contribution is 5.77. The summed E-state index contributed by atoms with van der Waals surface area (Å²) in [5.74, 6) is -0.551. The van der Waals surface area contributed by atoms with Crippen LogP contribution in [-0.4, -0.2) is 33.7 Å². The average molecular weight is 255 g/mol. The fourth-order valence-corrected chi connectivity index (χ4v) is 1.59. The highest BCUT2D eigenvalue weighted by Crippen LogP contribution is 2.24. The molecule has 1 heterocycles. The van der Waals surface area contributed by atoms with Crippen molar-refractivity contribution in [2.75, 3.05) is 6.54 Å². The molecule has 0 aromatic carbocycles. The van der Waals surface area contributed by atoms with E-state index in [9.17, 15) is 9.59 Å². The Morgan fingerprint density at radius 3 is 2.72 bits per heavy atom. The lowest BCUT2D eigenvalue weighted by atomic mass is 9.85. The number of carboxylic acids is 1. The SMILES string of the molecule is CC(C)(CC(=O)O)CC(=O)NCCc1ncon1. The Morgan fingerprint density at radius 2 is 2.17 bits per heavy atom.